The molecule has 0 saturated heterocycles. The molecule has 1 amide bonds. The normalized spacial score (nSPS) is 11.5. The van der Waals surface area contributed by atoms with Crippen LogP contribution in [0.3, 0.4) is 0 Å². The van der Waals surface area contributed by atoms with Crippen molar-refractivity contribution in [1.82, 2.24) is 5.32 Å². The fourth-order valence-corrected chi connectivity index (χ4v) is 1.58. The van der Waals surface area contributed by atoms with Gasteiger partial charge in [-0.3, -0.25) is 4.79 Å². The highest BCUT2D eigenvalue weighted by atomic mass is 16.5. The van der Waals surface area contributed by atoms with Gasteiger partial charge in [0.2, 0.25) is 5.91 Å². The molecule has 0 aromatic heterocycles. The van der Waals surface area contributed by atoms with Gasteiger partial charge in [-0.1, -0.05) is 12.1 Å². The minimum Gasteiger partial charge on any atom is -0.494 e. The van der Waals surface area contributed by atoms with Crippen LogP contribution in [-0.2, 0) is 20.7 Å². The number of carbonyl (C=O) groups excluding carboxylic acids is 2. The predicted molar refractivity (Wildman–Crippen MR) is 70.9 cm³/mol. The van der Waals surface area contributed by atoms with Crippen LogP contribution in [0, 0.1) is 0 Å². The molecule has 5 heteroatoms. The lowest BCUT2D eigenvalue weighted by molar-refractivity contribution is -0.144. The number of methoxy groups -OCH3 is 1. The summed E-state index contributed by atoms with van der Waals surface area (Å²) in [6.07, 6.45) is 0.216. The molecule has 5 nitrogen and oxygen atoms in total. The van der Waals surface area contributed by atoms with Crippen LogP contribution in [0.2, 0.25) is 0 Å². The van der Waals surface area contributed by atoms with E-state index in [0.29, 0.717) is 6.61 Å². The van der Waals surface area contributed by atoms with Crippen molar-refractivity contribution >= 4 is 11.9 Å². The van der Waals surface area contributed by atoms with Crippen molar-refractivity contribution in [3.8, 4) is 5.75 Å². The lowest BCUT2D eigenvalue weighted by atomic mass is 10.1. The number of rotatable bonds is 6. The summed E-state index contributed by atoms with van der Waals surface area (Å²) in [5.41, 5.74) is 0.859. The zero-order valence-corrected chi connectivity index (χ0v) is 11.4. The second-order valence-electron chi connectivity index (χ2n) is 4.07. The molecule has 0 aliphatic rings. The largest absolute Gasteiger partial charge is 0.494 e. The van der Waals surface area contributed by atoms with Crippen LogP contribution >= 0.6 is 0 Å². The third-order valence-corrected chi connectivity index (χ3v) is 2.53. The molecule has 19 heavy (non-hydrogen) atoms. The van der Waals surface area contributed by atoms with Crippen LogP contribution in [-0.4, -0.2) is 31.6 Å². The molecule has 104 valence electrons. The second kappa shape index (κ2) is 7.41. The van der Waals surface area contributed by atoms with Crippen molar-refractivity contribution in [2.24, 2.45) is 0 Å². The summed E-state index contributed by atoms with van der Waals surface area (Å²) in [7, 11) is 1.29. The summed E-state index contributed by atoms with van der Waals surface area (Å²) >= 11 is 0. The molecule has 0 heterocycles. The van der Waals surface area contributed by atoms with Crippen molar-refractivity contribution in [1.29, 1.82) is 0 Å². The van der Waals surface area contributed by atoms with Gasteiger partial charge in [0.25, 0.3) is 0 Å². The molecule has 1 N–H and O–H groups in total. The highest BCUT2D eigenvalue weighted by Gasteiger charge is 2.15. The number of ether oxygens (including phenoxy) is 2. The molecule has 0 aliphatic carbocycles. The van der Waals surface area contributed by atoms with Gasteiger partial charge in [-0.05, 0) is 31.5 Å². The highest BCUT2D eigenvalue weighted by molar-refractivity contribution is 5.85. The lowest BCUT2D eigenvalue weighted by Gasteiger charge is -2.11. The molecular weight excluding hydrogens is 246 g/mol. The average molecular weight is 265 g/mol. The van der Waals surface area contributed by atoms with Gasteiger partial charge in [0.15, 0.2) is 0 Å². The van der Waals surface area contributed by atoms with Gasteiger partial charge < -0.3 is 14.8 Å². The topological polar surface area (TPSA) is 64.6 Å². The summed E-state index contributed by atoms with van der Waals surface area (Å²) in [4.78, 5) is 22.9. The number of hydrogen-bond donors (Lipinski definition) is 1. The van der Waals surface area contributed by atoms with Crippen molar-refractivity contribution in [3.05, 3.63) is 29.8 Å². The Bertz CT molecular complexity index is 428. The molecule has 1 rings (SSSR count). The van der Waals surface area contributed by atoms with Gasteiger partial charge >= 0.3 is 5.97 Å². The van der Waals surface area contributed by atoms with E-state index in [1.807, 2.05) is 31.2 Å². The third-order valence-electron chi connectivity index (χ3n) is 2.53. The summed E-state index contributed by atoms with van der Waals surface area (Å²) in [6, 6.07) is 6.65. The molecule has 0 spiro atoms. The Morgan fingerprint density at radius 3 is 2.42 bits per heavy atom. The third kappa shape index (κ3) is 4.99. The summed E-state index contributed by atoms with van der Waals surface area (Å²) in [6.45, 7) is 4.11. The first-order valence-corrected chi connectivity index (χ1v) is 6.15. The van der Waals surface area contributed by atoms with Gasteiger partial charge in [0, 0.05) is 0 Å². The maximum Gasteiger partial charge on any atom is 0.328 e. The molecule has 1 aromatic rings. The molecule has 0 fully saturated rings. The van der Waals surface area contributed by atoms with Crippen molar-refractivity contribution < 1.29 is 19.1 Å². The molecule has 1 atom stereocenters. The first kappa shape index (κ1) is 15.0. The Balaban J connectivity index is 2.50. The van der Waals surface area contributed by atoms with Crippen molar-refractivity contribution in [2.75, 3.05) is 13.7 Å². The molecule has 1 aromatic carbocycles. The maximum atomic E-state index is 11.7. The van der Waals surface area contributed by atoms with Crippen LogP contribution in [0.5, 0.6) is 5.75 Å². The van der Waals surface area contributed by atoms with E-state index in [9.17, 15) is 9.59 Å². The number of benzene rings is 1. The average Bonchev–Trinajstić information content (AvgIpc) is 2.40. The quantitative estimate of drug-likeness (QED) is 0.788. The number of amides is 1. The van der Waals surface area contributed by atoms with Crippen LogP contribution in [0.15, 0.2) is 24.3 Å². The zero-order chi connectivity index (χ0) is 14.3. The number of esters is 1. The second-order valence-corrected chi connectivity index (χ2v) is 4.07. The van der Waals surface area contributed by atoms with E-state index in [0.717, 1.165) is 11.3 Å². The Labute approximate surface area is 112 Å². The molecule has 0 saturated carbocycles. The van der Waals surface area contributed by atoms with E-state index >= 15 is 0 Å². The first-order valence-electron chi connectivity index (χ1n) is 6.15. The minimum atomic E-state index is -0.639. The standard InChI is InChI=1S/C14H19NO4/c1-4-19-12-7-5-11(6-8-12)9-13(16)15-10(2)14(17)18-3/h5-8,10H,4,9H2,1-3H3,(H,15,16)/t10-/m0/s1. The van der Waals surface area contributed by atoms with Crippen LogP contribution in [0.25, 0.3) is 0 Å². The minimum absolute atomic E-state index is 0.216. The van der Waals surface area contributed by atoms with E-state index in [4.69, 9.17) is 4.74 Å². The van der Waals surface area contributed by atoms with Crippen molar-refractivity contribution in [2.45, 2.75) is 26.3 Å². The number of nitrogens with one attached hydrogen (secondary N) is 1. The Morgan fingerprint density at radius 1 is 1.26 bits per heavy atom. The maximum absolute atomic E-state index is 11.7. The van der Waals surface area contributed by atoms with Gasteiger partial charge in [0.05, 0.1) is 20.1 Å². The SMILES string of the molecule is CCOc1ccc(CC(=O)N[C@@H](C)C(=O)OC)cc1. The highest BCUT2D eigenvalue weighted by Crippen LogP contribution is 2.12. The van der Waals surface area contributed by atoms with E-state index in [2.05, 4.69) is 10.1 Å². The van der Waals surface area contributed by atoms with E-state index < -0.39 is 12.0 Å². The van der Waals surface area contributed by atoms with Crippen LogP contribution in [0.1, 0.15) is 19.4 Å². The summed E-state index contributed by atoms with van der Waals surface area (Å²) < 4.78 is 9.85. The van der Waals surface area contributed by atoms with Gasteiger partial charge in [0.1, 0.15) is 11.8 Å². The van der Waals surface area contributed by atoms with Crippen LogP contribution < -0.4 is 10.1 Å². The molecule has 0 radical (unpaired) electrons. The number of carbonyl (C=O) groups is 2. The van der Waals surface area contributed by atoms with Gasteiger partial charge in [-0.15, -0.1) is 0 Å². The molecule has 0 bridgehead atoms. The smallest absolute Gasteiger partial charge is 0.328 e. The fraction of sp³-hybridized carbons (Fsp3) is 0.429. The van der Waals surface area contributed by atoms with E-state index in [1.54, 1.807) is 6.92 Å². The van der Waals surface area contributed by atoms with Gasteiger partial charge in [-0.2, -0.15) is 0 Å². The Morgan fingerprint density at radius 2 is 1.89 bits per heavy atom. The predicted octanol–water partition coefficient (Wildman–Crippen LogP) is 1.31. The molecular formula is C14H19NO4. The molecule has 0 unspecified atom stereocenters. The molecule has 0 aliphatic heterocycles. The van der Waals surface area contributed by atoms with Gasteiger partial charge in [-0.25, -0.2) is 4.79 Å². The van der Waals surface area contributed by atoms with Crippen molar-refractivity contribution in [3.63, 3.8) is 0 Å². The zero-order valence-electron chi connectivity index (χ0n) is 11.4. The Kier molecular flexibility index (Phi) is 5.85. The fourth-order valence-electron chi connectivity index (χ4n) is 1.58. The van der Waals surface area contributed by atoms with E-state index in [1.165, 1.54) is 7.11 Å². The lowest BCUT2D eigenvalue weighted by Crippen LogP contribution is -2.39. The van der Waals surface area contributed by atoms with Crippen LogP contribution in [0.4, 0.5) is 0 Å². The first-order chi connectivity index (χ1) is 9.06. The number of hydrogen-bond acceptors (Lipinski definition) is 4. The summed E-state index contributed by atoms with van der Waals surface area (Å²) in [5.74, 6) is 0.0942. The monoisotopic (exact) mass is 265 g/mol. The summed E-state index contributed by atoms with van der Waals surface area (Å²) in [5, 5.41) is 2.57. The van der Waals surface area contributed by atoms with E-state index in [-0.39, 0.29) is 12.3 Å². The Hall–Kier alpha value is -2.04.